The molecule has 98 valence electrons. The zero-order valence-electron chi connectivity index (χ0n) is 10.3. The minimum atomic E-state index is -0.906. The number of methoxy groups -OCH3 is 1. The second kappa shape index (κ2) is 6.40. The number of carbonyl (C=O) groups excluding carboxylic acids is 1. The standard InChI is InChI=1S/C13H15ClO4/c1-8-6-9(14)7-10(13(8)18-2)11(15)4-3-5-12(16)17/h6-7H,3-5H2,1-2H3,(H,16,17). The van der Waals surface area contributed by atoms with Crippen molar-refractivity contribution in [1.82, 2.24) is 0 Å². The smallest absolute Gasteiger partial charge is 0.303 e. The molecule has 0 bridgehead atoms. The number of ether oxygens (including phenoxy) is 1. The molecule has 0 saturated carbocycles. The molecule has 0 aliphatic carbocycles. The molecule has 1 aromatic rings. The number of aryl methyl sites for hydroxylation is 1. The SMILES string of the molecule is COc1c(C)cc(Cl)cc1C(=O)CCCC(=O)O. The van der Waals surface area contributed by atoms with Crippen molar-refractivity contribution in [2.24, 2.45) is 0 Å². The predicted molar refractivity (Wildman–Crippen MR) is 68.6 cm³/mol. The van der Waals surface area contributed by atoms with Crippen LogP contribution in [0.25, 0.3) is 0 Å². The van der Waals surface area contributed by atoms with E-state index in [1.807, 2.05) is 0 Å². The van der Waals surface area contributed by atoms with Crippen molar-refractivity contribution < 1.29 is 19.4 Å². The van der Waals surface area contributed by atoms with E-state index in [2.05, 4.69) is 0 Å². The summed E-state index contributed by atoms with van der Waals surface area (Å²) < 4.78 is 5.18. The molecule has 0 amide bonds. The average Bonchev–Trinajstić information content (AvgIpc) is 2.27. The van der Waals surface area contributed by atoms with E-state index >= 15 is 0 Å². The highest BCUT2D eigenvalue weighted by Crippen LogP contribution is 2.28. The Kier molecular flexibility index (Phi) is 5.16. The molecule has 0 atom stereocenters. The first kappa shape index (κ1) is 14.5. The van der Waals surface area contributed by atoms with Gasteiger partial charge in [-0.05, 0) is 31.0 Å². The molecule has 0 aliphatic rings. The van der Waals surface area contributed by atoms with E-state index in [-0.39, 0.29) is 18.6 Å². The van der Waals surface area contributed by atoms with Crippen LogP contribution in [0.2, 0.25) is 5.02 Å². The van der Waals surface area contributed by atoms with Gasteiger partial charge in [0.2, 0.25) is 0 Å². The number of halogens is 1. The molecular formula is C13H15ClO4. The lowest BCUT2D eigenvalue weighted by atomic mass is 10.0. The first-order chi connectivity index (χ1) is 8.45. The average molecular weight is 271 g/mol. The van der Waals surface area contributed by atoms with Crippen LogP contribution in [-0.2, 0) is 4.79 Å². The van der Waals surface area contributed by atoms with Crippen LogP contribution in [0.15, 0.2) is 12.1 Å². The molecule has 5 heteroatoms. The minimum Gasteiger partial charge on any atom is -0.496 e. The fraction of sp³-hybridized carbons (Fsp3) is 0.385. The zero-order valence-corrected chi connectivity index (χ0v) is 11.1. The second-order valence-electron chi connectivity index (χ2n) is 3.97. The Morgan fingerprint density at radius 1 is 1.33 bits per heavy atom. The summed E-state index contributed by atoms with van der Waals surface area (Å²) in [6.07, 6.45) is 0.457. The highest BCUT2D eigenvalue weighted by atomic mass is 35.5. The molecule has 0 unspecified atom stereocenters. The summed E-state index contributed by atoms with van der Waals surface area (Å²) >= 11 is 5.91. The van der Waals surface area contributed by atoms with Crippen molar-refractivity contribution in [3.8, 4) is 5.75 Å². The quantitative estimate of drug-likeness (QED) is 0.807. The summed E-state index contributed by atoms with van der Waals surface area (Å²) in [5, 5.41) is 9.00. The van der Waals surface area contributed by atoms with Gasteiger partial charge in [-0.1, -0.05) is 11.6 Å². The van der Waals surface area contributed by atoms with E-state index in [0.717, 1.165) is 5.56 Å². The number of benzene rings is 1. The Balaban J connectivity index is 2.87. The van der Waals surface area contributed by atoms with E-state index in [0.29, 0.717) is 22.8 Å². The number of hydrogen-bond donors (Lipinski definition) is 1. The summed E-state index contributed by atoms with van der Waals surface area (Å²) in [4.78, 5) is 22.4. The molecule has 0 radical (unpaired) electrons. The number of aliphatic carboxylic acids is 1. The summed E-state index contributed by atoms with van der Waals surface area (Å²) in [5.41, 5.74) is 1.19. The lowest BCUT2D eigenvalue weighted by Gasteiger charge is -2.11. The van der Waals surface area contributed by atoms with Crippen LogP contribution < -0.4 is 4.74 Å². The second-order valence-corrected chi connectivity index (χ2v) is 4.41. The van der Waals surface area contributed by atoms with Crippen molar-refractivity contribution in [2.45, 2.75) is 26.2 Å². The van der Waals surface area contributed by atoms with Crippen molar-refractivity contribution in [2.75, 3.05) is 7.11 Å². The Morgan fingerprint density at radius 2 is 2.00 bits per heavy atom. The lowest BCUT2D eigenvalue weighted by Crippen LogP contribution is -2.05. The van der Waals surface area contributed by atoms with E-state index in [1.54, 1.807) is 19.1 Å². The monoisotopic (exact) mass is 270 g/mol. The van der Waals surface area contributed by atoms with E-state index < -0.39 is 5.97 Å². The maximum atomic E-state index is 12.0. The van der Waals surface area contributed by atoms with Crippen LogP contribution in [-0.4, -0.2) is 24.0 Å². The van der Waals surface area contributed by atoms with Crippen molar-refractivity contribution in [3.63, 3.8) is 0 Å². The first-order valence-electron chi connectivity index (χ1n) is 5.55. The van der Waals surface area contributed by atoms with Crippen LogP contribution in [0.3, 0.4) is 0 Å². The van der Waals surface area contributed by atoms with Gasteiger partial charge in [-0.3, -0.25) is 9.59 Å². The molecule has 4 nitrogen and oxygen atoms in total. The number of hydrogen-bond acceptors (Lipinski definition) is 3. The number of carboxylic acid groups (broad SMARTS) is 1. The van der Waals surface area contributed by atoms with Gasteiger partial charge >= 0.3 is 5.97 Å². The van der Waals surface area contributed by atoms with Gasteiger partial charge in [-0.25, -0.2) is 0 Å². The van der Waals surface area contributed by atoms with Gasteiger partial charge < -0.3 is 9.84 Å². The largest absolute Gasteiger partial charge is 0.496 e. The number of ketones is 1. The van der Waals surface area contributed by atoms with Crippen LogP contribution in [0.1, 0.15) is 35.2 Å². The molecule has 0 aliphatic heterocycles. The Hall–Kier alpha value is -1.55. The van der Waals surface area contributed by atoms with Gasteiger partial charge in [0.1, 0.15) is 5.75 Å². The molecule has 1 rings (SSSR count). The highest BCUT2D eigenvalue weighted by molar-refractivity contribution is 6.31. The third-order valence-corrected chi connectivity index (χ3v) is 2.76. The molecule has 0 heterocycles. The third kappa shape index (κ3) is 3.74. The Labute approximate surface area is 111 Å². The van der Waals surface area contributed by atoms with Gasteiger partial charge in [0.15, 0.2) is 5.78 Å². The number of rotatable bonds is 6. The Bertz CT molecular complexity index is 468. The molecule has 0 fully saturated rings. The maximum absolute atomic E-state index is 12.0. The number of carboxylic acids is 1. The summed E-state index contributed by atoms with van der Waals surface area (Å²) in [6.45, 7) is 1.80. The molecule has 0 spiro atoms. The molecular weight excluding hydrogens is 256 g/mol. The molecule has 0 aromatic heterocycles. The summed E-state index contributed by atoms with van der Waals surface area (Å²) in [6, 6.07) is 3.27. The first-order valence-corrected chi connectivity index (χ1v) is 5.92. The van der Waals surface area contributed by atoms with Crippen molar-refractivity contribution in [1.29, 1.82) is 0 Å². The zero-order chi connectivity index (χ0) is 13.7. The Morgan fingerprint density at radius 3 is 2.56 bits per heavy atom. The van der Waals surface area contributed by atoms with Crippen LogP contribution in [0.4, 0.5) is 0 Å². The van der Waals surface area contributed by atoms with Crippen molar-refractivity contribution in [3.05, 3.63) is 28.3 Å². The van der Waals surface area contributed by atoms with E-state index in [9.17, 15) is 9.59 Å². The molecule has 1 aromatic carbocycles. The van der Waals surface area contributed by atoms with Gasteiger partial charge in [-0.15, -0.1) is 0 Å². The van der Waals surface area contributed by atoms with Crippen LogP contribution in [0.5, 0.6) is 5.75 Å². The predicted octanol–water partition coefficient (Wildman–Crippen LogP) is 3.09. The van der Waals surface area contributed by atoms with E-state index in [4.69, 9.17) is 21.4 Å². The minimum absolute atomic E-state index is 0.0202. The fourth-order valence-electron chi connectivity index (χ4n) is 1.74. The van der Waals surface area contributed by atoms with Crippen LogP contribution >= 0.6 is 11.6 Å². The lowest BCUT2D eigenvalue weighted by molar-refractivity contribution is -0.137. The van der Waals surface area contributed by atoms with Crippen LogP contribution in [0, 0.1) is 6.92 Å². The number of Topliss-reactive ketones (excluding diaryl/α,β-unsaturated/α-hetero) is 1. The van der Waals surface area contributed by atoms with E-state index in [1.165, 1.54) is 7.11 Å². The van der Waals surface area contributed by atoms with Gasteiger partial charge in [0, 0.05) is 17.9 Å². The van der Waals surface area contributed by atoms with Gasteiger partial charge in [0.25, 0.3) is 0 Å². The number of carbonyl (C=O) groups is 2. The van der Waals surface area contributed by atoms with Gasteiger partial charge in [0.05, 0.1) is 12.7 Å². The third-order valence-electron chi connectivity index (χ3n) is 2.54. The topological polar surface area (TPSA) is 63.6 Å². The van der Waals surface area contributed by atoms with Crippen molar-refractivity contribution >= 4 is 23.4 Å². The molecule has 18 heavy (non-hydrogen) atoms. The maximum Gasteiger partial charge on any atom is 0.303 e. The highest BCUT2D eigenvalue weighted by Gasteiger charge is 2.15. The summed E-state index contributed by atoms with van der Waals surface area (Å²) in [5.74, 6) is -0.560. The summed E-state index contributed by atoms with van der Waals surface area (Å²) in [7, 11) is 1.49. The normalized spacial score (nSPS) is 10.2. The molecule has 0 saturated heterocycles. The fourth-order valence-corrected chi connectivity index (χ4v) is 2.02. The van der Waals surface area contributed by atoms with Gasteiger partial charge in [-0.2, -0.15) is 0 Å². The molecule has 1 N–H and O–H groups in total.